The number of anilines is 2. The highest BCUT2D eigenvalue weighted by molar-refractivity contribution is 6.32. The Balaban J connectivity index is 2.14. The Morgan fingerprint density at radius 2 is 1.61 bits per heavy atom. The van der Waals surface area contributed by atoms with Crippen LogP contribution in [0.3, 0.4) is 0 Å². The Kier molecular flexibility index (Phi) is 4.42. The van der Waals surface area contributed by atoms with Crippen LogP contribution in [0.5, 0.6) is 17.2 Å². The average Bonchev–Trinajstić information content (AvgIpc) is 2.46. The molecule has 0 aliphatic heterocycles. The number of nitrogens with one attached hydrogen (secondary N) is 2. The summed E-state index contributed by atoms with van der Waals surface area (Å²) in [4.78, 5) is 21.9. The van der Waals surface area contributed by atoms with Crippen molar-refractivity contribution in [1.82, 2.24) is 0 Å². The first-order valence-electron chi connectivity index (χ1n) is 6.05. The number of rotatable bonds is 3. The first-order valence-corrected chi connectivity index (χ1v) is 6.42. The van der Waals surface area contributed by atoms with E-state index in [9.17, 15) is 30.2 Å². The molecule has 10 heteroatoms. The third kappa shape index (κ3) is 3.71. The van der Waals surface area contributed by atoms with Crippen LogP contribution in [0.4, 0.5) is 21.9 Å². The van der Waals surface area contributed by atoms with E-state index in [4.69, 9.17) is 11.6 Å². The highest BCUT2D eigenvalue weighted by Crippen LogP contribution is 2.37. The first-order chi connectivity index (χ1) is 10.8. The van der Waals surface area contributed by atoms with E-state index in [0.717, 1.165) is 18.2 Å². The maximum atomic E-state index is 11.8. The molecule has 0 radical (unpaired) electrons. The van der Waals surface area contributed by atoms with E-state index < -0.39 is 28.2 Å². The van der Waals surface area contributed by atoms with Gasteiger partial charge in [-0.05, 0) is 12.1 Å². The Morgan fingerprint density at radius 3 is 2.17 bits per heavy atom. The van der Waals surface area contributed by atoms with Gasteiger partial charge in [0.05, 0.1) is 10.6 Å². The molecule has 0 saturated carbocycles. The van der Waals surface area contributed by atoms with Crippen molar-refractivity contribution in [2.24, 2.45) is 0 Å². The fraction of sp³-hybridized carbons (Fsp3) is 0. The molecule has 0 heterocycles. The summed E-state index contributed by atoms with van der Waals surface area (Å²) in [5.74, 6) is -1.96. The van der Waals surface area contributed by atoms with Crippen LogP contribution in [0.25, 0.3) is 0 Å². The van der Waals surface area contributed by atoms with Gasteiger partial charge in [-0.3, -0.25) is 10.1 Å². The Bertz CT molecular complexity index is 772. The number of benzene rings is 2. The summed E-state index contributed by atoms with van der Waals surface area (Å²) in [5, 5.41) is 43.2. The smallest absolute Gasteiger partial charge is 0.323 e. The van der Waals surface area contributed by atoms with Crippen LogP contribution in [0, 0.1) is 10.1 Å². The predicted molar refractivity (Wildman–Crippen MR) is 82.2 cm³/mol. The highest BCUT2D eigenvalue weighted by Gasteiger charge is 2.15. The summed E-state index contributed by atoms with van der Waals surface area (Å²) in [5.41, 5.74) is -0.256. The summed E-state index contributed by atoms with van der Waals surface area (Å²) in [7, 11) is 0. The van der Waals surface area contributed by atoms with Crippen LogP contribution in [-0.2, 0) is 0 Å². The number of hydrogen-bond donors (Lipinski definition) is 5. The molecule has 2 aromatic carbocycles. The molecule has 120 valence electrons. The van der Waals surface area contributed by atoms with Crippen molar-refractivity contribution in [3.8, 4) is 17.2 Å². The molecule has 2 amide bonds. The lowest BCUT2D eigenvalue weighted by Gasteiger charge is -2.09. The molecule has 0 atom stereocenters. The molecule has 5 N–H and O–H groups in total. The molecule has 0 unspecified atom stereocenters. The summed E-state index contributed by atoms with van der Waals surface area (Å²) >= 11 is 5.66. The van der Waals surface area contributed by atoms with E-state index in [2.05, 4.69) is 10.6 Å². The molecule has 2 aromatic rings. The van der Waals surface area contributed by atoms with Crippen molar-refractivity contribution in [2.75, 3.05) is 10.6 Å². The van der Waals surface area contributed by atoms with Gasteiger partial charge >= 0.3 is 6.03 Å². The quantitative estimate of drug-likeness (QED) is 0.251. The number of nitrogens with zero attached hydrogens (tertiary/aromatic N) is 1. The molecular formula is C13H10ClN3O6. The monoisotopic (exact) mass is 339 g/mol. The van der Waals surface area contributed by atoms with Gasteiger partial charge in [-0.2, -0.15) is 0 Å². The van der Waals surface area contributed by atoms with Gasteiger partial charge in [0.15, 0.2) is 17.2 Å². The molecule has 23 heavy (non-hydrogen) atoms. The number of carbonyl (C=O) groups excluding carboxylic acids is 1. The molecule has 0 fully saturated rings. The predicted octanol–water partition coefficient (Wildman–Crippen LogP) is 3.01. The highest BCUT2D eigenvalue weighted by atomic mass is 35.5. The number of phenols is 3. The lowest BCUT2D eigenvalue weighted by molar-refractivity contribution is -0.384. The van der Waals surface area contributed by atoms with Crippen LogP contribution in [-0.4, -0.2) is 26.3 Å². The van der Waals surface area contributed by atoms with Crippen molar-refractivity contribution in [3.05, 3.63) is 45.5 Å². The molecule has 0 saturated heterocycles. The Morgan fingerprint density at radius 1 is 1.04 bits per heavy atom. The van der Waals surface area contributed by atoms with Crippen molar-refractivity contribution in [3.63, 3.8) is 0 Å². The molecule has 9 nitrogen and oxygen atoms in total. The number of nitro groups is 1. The third-order valence-electron chi connectivity index (χ3n) is 2.73. The second-order valence-electron chi connectivity index (χ2n) is 4.37. The van der Waals surface area contributed by atoms with Crippen molar-refractivity contribution in [2.45, 2.75) is 0 Å². The number of amides is 2. The van der Waals surface area contributed by atoms with Gasteiger partial charge in [-0.1, -0.05) is 11.6 Å². The van der Waals surface area contributed by atoms with E-state index in [1.165, 1.54) is 12.1 Å². The maximum Gasteiger partial charge on any atom is 0.323 e. The normalized spacial score (nSPS) is 10.1. The number of hydrogen-bond acceptors (Lipinski definition) is 6. The molecule has 0 bridgehead atoms. The number of aromatic hydroxyl groups is 3. The number of nitro benzene ring substituents is 1. The number of phenolic OH excluding ortho intramolecular Hbond substituents is 3. The minimum Gasteiger partial charge on any atom is -0.504 e. The summed E-state index contributed by atoms with van der Waals surface area (Å²) in [6, 6.07) is 4.94. The Labute approximate surface area is 133 Å². The topological polar surface area (TPSA) is 145 Å². The van der Waals surface area contributed by atoms with Gasteiger partial charge in [0, 0.05) is 23.9 Å². The van der Waals surface area contributed by atoms with Gasteiger partial charge in [0.2, 0.25) is 0 Å². The van der Waals surface area contributed by atoms with E-state index in [1.807, 2.05) is 0 Å². The first kappa shape index (κ1) is 16.2. The molecule has 2 rings (SSSR count). The van der Waals surface area contributed by atoms with Crippen LogP contribution < -0.4 is 10.6 Å². The molecule has 0 aliphatic rings. The summed E-state index contributed by atoms with van der Waals surface area (Å²) in [6.45, 7) is 0. The largest absolute Gasteiger partial charge is 0.504 e. The van der Waals surface area contributed by atoms with E-state index in [-0.39, 0.29) is 22.1 Å². The van der Waals surface area contributed by atoms with E-state index in [1.54, 1.807) is 0 Å². The second-order valence-corrected chi connectivity index (χ2v) is 4.77. The van der Waals surface area contributed by atoms with Crippen LogP contribution in [0.1, 0.15) is 0 Å². The van der Waals surface area contributed by atoms with Gasteiger partial charge in [-0.25, -0.2) is 4.79 Å². The van der Waals surface area contributed by atoms with Crippen LogP contribution in [0.15, 0.2) is 30.3 Å². The summed E-state index contributed by atoms with van der Waals surface area (Å²) < 4.78 is 0. The van der Waals surface area contributed by atoms with Gasteiger partial charge in [0.1, 0.15) is 5.02 Å². The van der Waals surface area contributed by atoms with Crippen molar-refractivity contribution < 1.29 is 25.0 Å². The zero-order chi connectivity index (χ0) is 17.1. The minimum atomic E-state index is -0.786. The van der Waals surface area contributed by atoms with E-state index in [0.29, 0.717) is 0 Å². The molecular weight excluding hydrogens is 330 g/mol. The standard InChI is InChI=1S/C13H10ClN3O6/c14-8-2-1-6(3-9(8)17(22)23)15-13(21)16-7-4-10(18)12(20)11(19)5-7/h1-5,18-20H,(H2,15,16,21). The van der Waals surface area contributed by atoms with Gasteiger partial charge in [-0.15, -0.1) is 0 Å². The molecule has 0 spiro atoms. The second kappa shape index (κ2) is 6.28. The van der Waals surface area contributed by atoms with Crippen LogP contribution in [0.2, 0.25) is 5.02 Å². The molecule has 0 aliphatic carbocycles. The number of carbonyl (C=O) groups is 1. The minimum absolute atomic E-state index is 0.00115. The van der Waals surface area contributed by atoms with Gasteiger partial charge < -0.3 is 26.0 Å². The summed E-state index contributed by atoms with van der Waals surface area (Å²) in [6.07, 6.45) is 0. The lowest BCUT2D eigenvalue weighted by atomic mass is 10.2. The Hall–Kier alpha value is -3.20. The van der Waals surface area contributed by atoms with Crippen LogP contribution >= 0.6 is 11.6 Å². The van der Waals surface area contributed by atoms with Crippen molar-refractivity contribution in [1.29, 1.82) is 0 Å². The zero-order valence-corrected chi connectivity index (χ0v) is 12.0. The fourth-order valence-corrected chi connectivity index (χ4v) is 1.89. The third-order valence-corrected chi connectivity index (χ3v) is 3.05. The van der Waals surface area contributed by atoms with Gasteiger partial charge in [0.25, 0.3) is 5.69 Å². The number of urea groups is 1. The SMILES string of the molecule is O=C(Nc1cc(O)c(O)c(O)c1)Nc1ccc(Cl)c([N+](=O)[O-])c1. The number of halogens is 1. The average molecular weight is 340 g/mol. The van der Waals surface area contributed by atoms with E-state index >= 15 is 0 Å². The maximum absolute atomic E-state index is 11.8. The lowest BCUT2D eigenvalue weighted by Crippen LogP contribution is -2.19. The zero-order valence-electron chi connectivity index (χ0n) is 11.3. The fourth-order valence-electron chi connectivity index (χ4n) is 1.70. The van der Waals surface area contributed by atoms with Crippen molar-refractivity contribution >= 4 is 34.7 Å². The molecule has 0 aromatic heterocycles.